The second-order valence-corrected chi connectivity index (χ2v) is 4.10. The molecule has 0 spiro atoms. The average Bonchev–Trinajstić information content (AvgIpc) is 2.66. The zero-order valence-electron chi connectivity index (χ0n) is 6.98. The molecule has 2 rings (SSSR count). The molecule has 2 aromatic rings. The standard InChI is InChI=1S/C10H4N2S2/c11-4-6-3-9(13)10-7(1-2-14-10)8(6)5-12/h1-3,13H. The first-order chi connectivity index (χ1) is 6.77. The molecule has 14 heavy (non-hydrogen) atoms. The van der Waals surface area contributed by atoms with Crippen LogP contribution in [0.2, 0.25) is 0 Å². The van der Waals surface area contributed by atoms with E-state index < -0.39 is 0 Å². The van der Waals surface area contributed by atoms with E-state index in [9.17, 15) is 0 Å². The number of nitriles is 2. The Morgan fingerprint density at radius 3 is 2.71 bits per heavy atom. The number of hydrogen-bond acceptors (Lipinski definition) is 4. The van der Waals surface area contributed by atoms with Crippen molar-refractivity contribution in [1.29, 1.82) is 10.5 Å². The Labute approximate surface area is 90.4 Å². The SMILES string of the molecule is N#Cc1cc(S)c2sccc2c1C#N. The monoisotopic (exact) mass is 216 g/mol. The molecule has 1 aromatic carbocycles. The van der Waals surface area contributed by atoms with Crippen LogP contribution in [0.15, 0.2) is 22.4 Å². The first-order valence-electron chi connectivity index (χ1n) is 3.81. The maximum atomic E-state index is 8.94. The molecule has 0 unspecified atom stereocenters. The number of rotatable bonds is 0. The van der Waals surface area contributed by atoms with E-state index in [1.165, 1.54) is 11.3 Å². The molecule has 0 aliphatic heterocycles. The second-order valence-electron chi connectivity index (χ2n) is 2.71. The molecule has 0 amide bonds. The fourth-order valence-electron chi connectivity index (χ4n) is 1.33. The maximum absolute atomic E-state index is 8.94. The summed E-state index contributed by atoms with van der Waals surface area (Å²) in [6, 6.07) is 7.54. The van der Waals surface area contributed by atoms with E-state index in [0.29, 0.717) is 11.1 Å². The van der Waals surface area contributed by atoms with Gasteiger partial charge in [-0.1, -0.05) is 0 Å². The Bertz CT molecular complexity index is 584. The van der Waals surface area contributed by atoms with E-state index in [2.05, 4.69) is 18.7 Å². The molecule has 0 saturated carbocycles. The van der Waals surface area contributed by atoms with Crippen LogP contribution in [0.25, 0.3) is 10.1 Å². The van der Waals surface area contributed by atoms with E-state index in [-0.39, 0.29) is 0 Å². The summed E-state index contributed by atoms with van der Waals surface area (Å²) in [5, 5.41) is 20.5. The summed E-state index contributed by atoms with van der Waals surface area (Å²) in [6.45, 7) is 0. The van der Waals surface area contributed by atoms with Crippen LogP contribution in [0.5, 0.6) is 0 Å². The van der Waals surface area contributed by atoms with Crippen LogP contribution in [-0.2, 0) is 0 Å². The second kappa shape index (κ2) is 3.34. The fraction of sp³-hybridized carbons (Fsp3) is 0. The molecule has 0 bridgehead atoms. The minimum Gasteiger partial charge on any atom is -0.192 e. The highest BCUT2D eigenvalue weighted by atomic mass is 32.1. The average molecular weight is 216 g/mol. The van der Waals surface area contributed by atoms with Crippen LogP contribution < -0.4 is 0 Å². The van der Waals surface area contributed by atoms with Crippen LogP contribution in [0.4, 0.5) is 0 Å². The molecule has 1 heterocycles. The topological polar surface area (TPSA) is 47.6 Å². The van der Waals surface area contributed by atoms with Crippen LogP contribution in [0.3, 0.4) is 0 Å². The van der Waals surface area contributed by atoms with Crippen molar-refractivity contribution in [3.8, 4) is 12.1 Å². The summed E-state index contributed by atoms with van der Waals surface area (Å²) in [7, 11) is 0. The van der Waals surface area contributed by atoms with Crippen LogP contribution in [-0.4, -0.2) is 0 Å². The smallest absolute Gasteiger partial charge is 0.101 e. The van der Waals surface area contributed by atoms with Crippen molar-refractivity contribution in [3.63, 3.8) is 0 Å². The molecule has 66 valence electrons. The molecule has 0 radical (unpaired) electrons. The lowest BCUT2D eigenvalue weighted by atomic mass is 10.1. The Morgan fingerprint density at radius 1 is 1.29 bits per heavy atom. The van der Waals surface area contributed by atoms with Crippen molar-refractivity contribution in [2.24, 2.45) is 0 Å². The van der Waals surface area contributed by atoms with Crippen LogP contribution in [0.1, 0.15) is 11.1 Å². The van der Waals surface area contributed by atoms with Gasteiger partial charge in [0.05, 0.1) is 11.1 Å². The molecule has 0 aliphatic rings. The van der Waals surface area contributed by atoms with E-state index in [4.69, 9.17) is 10.5 Å². The van der Waals surface area contributed by atoms with Gasteiger partial charge >= 0.3 is 0 Å². The van der Waals surface area contributed by atoms with Gasteiger partial charge in [-0.25, -0.2) is 0 Å². The van der Waals surface area contributed by atoms with Gasteiger partial charge in [-0.15, -0.1) is 24.0 Å². The third kappa shape index (κ3) is 1.17. The van der Waals surface area contributed by atoms with E-state index in [1.807, 2.05) is 17.5 Å². The number of hydrogen-bond donors (Lipinski definition) is 1. The van der Waals surface area contributed by atoms with E-state index in [1.54, 1.807) is 6.07 Å². The molecular weight excluding hydrogens is 212 g/mol. The largest absolute Gasteiger partial charge is 0.192 e. The van der Waals surface area contributed by atoms with Gasteiger partial charge in [0.25, 0.3) is 0 Å². The minimum atomic E-state index is 0.392. The Kier molecular flexibility index (Phi) is 2.17. The summed E-state index contributed by atoms with van der Waals surface area (Å²) in [5.74, 6) is 0. The van der Waals surface area contributed by atoms with Crippen molar-refractivity contribution >= 4 is 34.1 Å². The molecular formula is C10H4N2S2. The third-order valence-corrected chi connectivity index (χ3v) is 3.40. The molecule has 4 heteroatoms. The number of thiol groups is 1. The lowest BCUT2D eigenvalue weighted by molar-refractivity contribution is 1.43. The molecule has 2 nitrogen and oxygen atoms in total. The Morgan fingerprint density at radius 2 is 2.07 bits per heavy atom. The van der Waals surface area contributed by atoms with Crippen molar-refractivity contribution in [2.75, 3.05) is 0 Å². The van der Waals surface area contributed by atoms with Crippen molar-refractivity contribution < 1.29 is 0 Å². The number of fused-ring (bicyclic) bond motifs is 1. The van der Waals surface area contributed by atoms with Gasteiger partial charge in [0.2, 0.25) is 0 Å². The zero-order valence-corrected chi connectivity index (χ0v) is 8.69. The molecule has 0 N–H and O–H groups in total. The predicted octanol–water partition coefficient (Wildman–Crippen LogP) is 2.93. The minimum absolute atomic E-state index is 0.392. The van der Waals surface area contributed by atoms with Crippen LogP contribution >= 0.6 is 24.0 Å². The maximum Gasteiger partial charge on any atom is 0.101 e. The van der Waals surface area contributed by atoms with Gasteiger partial charge in [-0.05, 0) is 17.5 Å². The van der Waals surface area contributed by atoms with Crippen molar-refractivity contribution in [1.82, 2.24) is 0 Å². The first kappa shape index (κ1) is 9.08. The lowest BCUT2D eigenvalue weighted by Crippen LogP contribution is -1.84. The molecule has 1 aromatic heterocycles. The molecule has 0 atom stereocenters. The van der Waals surface area contributed by atoms with Crippen molar-refractivity contribution in [2.45, 2.75) is 4.90 Å². The quantitative estimate of drug-likeness (QED) is 0.688. The third-order valence-electron chi connectivity index (χ3n) is 1.95. The Balaban J connectivity index is 3.00. The fourth-order valence-corrected chi connectivity index (χ4v) is 2.56. The van der Waals surface area contributed by atoms with Gasteiger partial charge in [0, 0.05) is 15.0 Å². The lowest BCUT2D eigenvalue weighted by Gasteiger charge is -1.99. The Hall–Kier alpha value is -1.49. The number of thiophene rings is 1. The number of nitrogens with zero attached hydrogens (tertiary/aromatic N) is 2. The summed E-state index contributed by atoms with van der Waals surface area (Å²) >= 11 is 5.80. The molecule has 0 saturated heterocycles. The van der Waals surface area contributed by atoms with Gasteiger partial charge < -0.3 is 0 Å². The summed E-state index contributed by atoms with van der Waals surface area (Å²) in [6.07, 6.45) is 0. The van der Waals surface area contributed by atoms with Gasteiger partial charge in [0.15, 0.2) is 0 Å². The van der Waals surface area contributed by atoms with E-state index in [0.717, 1.165) is 15.0 Å². The van der Waals surface area contributed by atoms with Crippen LogP contribution in [0, 0.1) is 22.7 Å². The normalized spacial score (nSPS) is 9.64. The summed E-state index contributed by atoms with van der Waals surface area (Å²) in [5.41, 5.74) is 0.838. The molecule has 0 fully saturated rings. The first-order valence-corrected chi connectivity index (χ1v) is 5.14. The van der Waals surface area contributed by atoms with Gasteiger partial charge in [-0.2, -0.15) is 10.5 Å². The van der Waals surface area contributed by atoms with Gasteiger partial charge in [-0.3, -0.25) is 0 Å². The summed E-state index contributed by atoms with van der Waals surface area (Å²) in [4.78, 5) is 0.755. The van der Waals surface area contributed by atoms with Crippen molar-refractivity contribution in [3.05, 3.63) is 28.6 Å². The summed E-state index contributed by atoms with van der Waals surface area (Å²) < 4.78 is 0.962. The van der Waals surface area contributed by atoms with E-state index >= 15 is 0 Å². The highest BCUT2D eigenvalue weighted by Gasteiger charge is 2.10. The van der Waals surface area contributed by atoms with Gasteiger partial charge in [0.1, 0.15) is 12.1 Å². The highest BCUT2D eigenvalue weighted by Crippen LogP contribution is 2.32. The highest BCUT2D eigenvalue weighted by molar-refractivity contribution is 7.80. The molecule has 0 aliphatic carbocycles. The number of benzene rings is 1. The predicted molar refractivity (Wildman–Crippen MR) is 58.5 cm³/mol. The zero-order chi connectivity index (χ0) is 10.1.